The Bertz CT molecular complexity index is 969. The molecule has 2 heteroatoms. The molecule has 0 spiro atoms. The summed E-state index contributed by atoms with van der Waals surface area (Å²) in [7, 11) is -1.74. The van der Waals surface area contributed by atoms with Crippen LogP contribution in [0.5, 0.6) is 0 Å². The van der Waals surface area contributed by atoms with E-state index in [0.717, 1.165) is 6.42 Å². The molecule has 0 saturated carbocycles. The highest BCUT2D eigenvalue weighted by Crippen LogP contribution is 2.23. The summed E-state index contributed by atoms with van der Waals surface area (Å²) in [5.41, 5.74) is 5.53. The molecule has 0 atom stereocenters. The van der Waals surface area contributed by atoms with E-state index in [9.17, 15) is 0 Å². The third kappa shape index (κ3) is 4.17. The lowest BCUT2D eigenvalue weighted by Gasteiger charge is -2.30. The SMILES string of the molecule is CC/C=c1/cc2c(cc1C)=Nc1cc(C)c(CCCCCCC)cc1[Si]2(C)C. The van der Waals surface area contributed by atoms with Crippen LogP contribution in [0.25, 0.3) is 6.08 Å². The van der Waals surface area contributed by atoms with Crippen molar-refractivity contribution in [3.8, 4) is 0 Å². The van der Waals surface area contributed by atoms with E-state index in [1.54, 1.807) is 5.56 Å². The van der Waals surface area contributed by atoms with Gasteiger partial charge in [0.2, 0.25) is 0 Å². The van der Waals surface area contributed by atoms with Gasteiger partial charge in [0.25, 0.3) is 0 Å². The number of unbranched alkanes of at least 4 members (excludes halogenated alkanes) is 4. The van der Waals surface area contributed by atoms with Crippen LogP contribution in [0.3, 0.4) is 0 Å². The fourth-order valence-corrected chi connectivity index (χ4v) is 7.41. The topological polar surface area (TPSA) is 12.4 Å². The summed E-state index contributed by atoms with van der Waals surface area (Å²) in [5.74, 6) is 0. The Morgan fingerprint density at radius 3 is 2.32 bits per heavy atom. The summed E-state index contributed by atoms with van der Waals surface area (Å²) >= 11 is 0. The Morgan fingerprint density at radius 2 is 1.61 bits per heavy atom. The molecule has 0 aromatic heterocycles. The monoisotopic (exact) mass is 391 g/mol. The fourth-order valence-electron chi connectivity index (χ4n) is 4.54. The summed E-state index contributed by atoms with van der Waals surface area (Å²) in [6.45, 7) is 14.0. The zero-order valence-electron chi connectivity index (χ0n) is 18.8. The van der Waals surface area contributed by atoms with Crippen LogP contribution in [-0.4, -0.2) is 8.07 Å². The number of fused-ring (bicyclic) bond motifs is 2. The highest BCUT2D eigenvalue weighted by molar-refractivity contribution is 7.01. The standard InChI is InChI=1S/C26H37NSi/c1-7-9-10-11-12-14-22-18-26-24(16-20(22)4)27-23-15-19(3)21(13-8-2)17-25(23)28(26,5)6/h13,15-18H,7-12,14H2,1-6H3/b21-13-. The maximum absolute atomic E-state index is 5.11. The van der Waals surface area contributed by atoms with Crippen LogP contribution in [0.1, 0.15) is 69.1 Å². The second-order valence-corrected chi connectivity index (χ2v) is 13.4. The first-order valence-corrected chi connectivity index (χ1v) is 14.2. The van der Waals surface area contributed by atoms with E-state index in [1.807, 2.05) is 0 Å². The van der Waals surface area contributed by atoms with E-state index in [0.29, 0.717) is 0 Å². The third-order valence-electron chi connectivity index (χ3n) is 6.40. The predicted octanol–water partition coefficient (Wildman–Crippen LogP) is 5.09. The third-order valence-corrected chi connectivity index (χ3v) is 9.89. The summed E-state index contributed by atoms with van der Waals surface area (Å²) in [5, 5.41) is 5.63. The van der Waals surface area contributed by atoms with E-state index in [1.165, 1.54) is 76.3 Å². The first kappa shape index (κ1) is 21.0. The molecular weight excluding hydrogens is 354 g/mol. The van der Waals surface area contributed by atoms with E-state index >= 15 is 0 Å². The zero-order chi connectivity index (χ0) is 20.3. The largest absolute Gasteiger partial charge is 0.249 e. The molecule has 0 unspecified atom stereocenters. The molecule has 0 bridgehead atoms. The van der Waals surface area contributed by atoms with Crippen LogP contribution in [0.4, 0.5) is 5.69 Å². The average molecular weight is 392 g/mol. The molecule has 0 fully saturated rings. The molecule has 0 aliphatic carbocycles. The molecule has 1 aliphatic rings. The second-order valence-electron chi connectivity index (χ2n) is 9.04. The van der Waals surface area contributed by atoms with E-state index < -0.39 is 8.07 Å². The lowest BCUT2D eigenvalue weighted by Crippen LogP contribution is -2.61. The number of benzene rings is 2. The number of nitrogens with zero attached hydrogens (tertiary/aromatic N) is 1. The van der Waals surface area contributed by atoms with Gasteiger partial charge in [0.15, 0.2) is 0 Å². The molecule has 1 heterocycles. The zero-order valence-corrected chi connectivity index (χ0v) is 19.8. The fraction of sp³-hybridized carbons (Fsp3) is 0.500. The van der Waals surface area contributed by atoms with Gasteiger partial charge in [-0.1, -0.05) is 70.8 Å². The Morgan fingerprint density at radius 1 is 0.857 bits per heavy atom. The smallest absolute Gasteiger partial charge is 0.117 e. The number of rotatable bonds is 7. The van der Waals surface area contributed by atoms with Crippen molar-refractivity contribution in [3.05, 3.63) is 51.5 Å². The Labute approximate surface area is 172 Å². The van der Waals surface area contributed by atoms with Gasteiger partial charge < -0.3 is 0 Å². The van der Waals surface area contributed by atoms with Gasteiger partial charge in [0.05, 0.1) is 11.0 Å². The minimum Gasteiger partial charge on any atom is -0.249 e. The Balaban J connectivity index is 2.01. The normalized spacial score (nSPS) is 15.1. The van der Waals surface area contributed by atoms with Gasteiger partial charge in [-0.05, 0) is 77.5 Å². The second kappa shape index (κ2) is 8.78. The van der Waals surface area contributed by atoms with E-state index in [-0.39, 0.29) is 0 Å². The molecule has 1 aliphatic heterocycles. The molecule has 0 saturated heterocycles. The van der Waals surface area contributed by atoms with Gasteiger partial charge in [-0.3, -0.25) is 0 Å². The molecule has 2 aromatic carbocycles. The lowest BCUT2D eigenvalue weighted by molar-refractivity contribution is 0.631. The molecule has 28 heavy (non-hydrogen) atoms. The molecular formula is C26H37NSi. The average Bonchev–Trinajstić information content (AvgIpc) is 2.64. The molecule has 0 radical (unpaired) electrons. The van der Waals surface area contributed by atoms with Crippen LogP contribution in [0, 0.1) is 13.8 Å². The van der Waals surface area contributed by atoms with E-state index in [2.05, 4.69) is 71.1 Å². The Hall–Kier alpha value is -1.67. The Kier molecular flexibility index (Phi) is 6.60. The minimum absolute atomic E-state index is 1.08. The van der Waals surface area contributed by atoms with Crippen molar-refractivity contribution in [2.75, 3.05) is 0 Å². The predicted molar refractivity (Wildman–Crippen MR) is 127 cm³/mol. The van der Waals surface area contributed by atoms with Gasteiger partial charge in [0.1, 0.15) is 8.07 Å². The van der Waals surface area contributed by atoms with Crippen LogP contribution >= 0.6 is 0 Å². The van der Waals surface area contributed by atoms with Crippen molar-refractivity contribution in [2.45, 2.75) is 85.7 Å². The quantitative estimate of drug-likeness (QED) is 0.460. The van der Waals surface area contributed by atoms with Crippen molar-refractivity contribution >= 4 is 30.2 Å². The van der Waals surface area contributed by atoms with Crippen molar-refractivity contribution < 1.29 is 0 Å². The van der Waals surface area contributed by atoms with Gasteiger partial charge in [-0.2, -0.15) is 0 Å². The van der Waals surface area contributed by atoms with Crippen molar-refractivity contribution in [1.82, 2.24) is 0 Å². The van der Waals surface area contributed by atoms with Crippen LogP contribution < -0.4 is 20.9 Å². The van der Waals surface area contributed by atoms with Gasteiger partial charge >= 0.3 is 0 Å². The van der Waals surface area contributed by atoms with Crippen LogP contribution in [-0.2, 0) is 6.42 Å². The van der Waals surface area contributed by atoms with Gasteiger partial charge in [-0.25, -0.2) is 4.99 Å². The van der Waals surface area contributed by atoms with Gasteiger partial charge in [0, 0.05) is 0 Å². The first-order valence-electron chi connectivity index (χ1n) is 11.2. The summed E-state index contributed by atoms with van der Waals surface area (Å²) in [6, 6.07) is 9.63. The molecule has 3 rings (SSSR count). The highest BCUT2D eigenvalue weighted by atomic mass is 28.3. The van der Waals surface area contributed by atoms with Crippen molar-refractivity contribution in [2.24, 2.45) is 4.99 Å². The van der Waals surface area contributed by atoms with Gasteiger partial charge in [-0.15, -0.1) is 0 Å². The first-order chi connectivity index (χ1) is 13.4. The molecule has 0 N–H and O–H groups in total. The van der Waals surface area contributed by atoms with Crippen LogP contribution in [0.15, 0.2) is 29.3 Å². The maximum Gasteiger partial charge on any atom is 0.117 e. The lowest BCUT2D eigenvalue weighted by atomic mass is 10.0. The summed E-state index contributed by atoms with van der Waals surface area (Å²) in [6.07, 6.45) is 11.4. The maximum atomic E-state index is 5.11. The van der Waals surface area contributed by atoms with Crippen molar-refractivity contribution in [1.29, 1.82) is 0 Å². The number of hydrogen-bond acceptors (Lipinski definition) is 1. The minimum atomic E-state index is -1.74. The highest BCUT2D eigenvalue weighted by Gasteiger charge is 2.33. The van der Waals surface area contributed by atoms with Crippen LogP contribution in [0.2, 0.25) is 13.1 Å². The van der Waals surface area contributed by atoms with E-state index in [4.69, 9.17) is 4.99 Å². The summed E-state index contributed by atoms with van der Waals surface area (Å²) < 4.78 is 0. The molecule has 2 aromatic rings. The summed E-state index contributed by atoms with van der Waals surface area (Å²) in [4.78, 5) is 5.11. The number of aryl methyl sites for hydroxylation is 3. The molecule has 0 amide bonds. The van der Waals surface area contributed by atoms with Crippen molar-refractivity contribution in [3.63, 3.8) is 0 Å². The number of hydrogen-bond donors (Lipinski definition) is 0. The molecule has 150 valence electrons. The molecule has 1 nitrogen and oxygen atoms in total.